The third-order valence-corrected chi connectivity index (χ3v) is 2.65. The Kier molecular flexibility index (Phi) is 3.76. The molecule has 0 unspecified atom stereocenters. The highest BCUT2D eigenvalue weighted by Gasteiger charge is 1.99. The van der Waals surface area contributed by atoms with Gasteiger partial charge < -0.3 is 4.74 Å². The Bertz CT molecular complexity index is 263. The van der Waals surface area contributed by atoms with E-state index in [0.29, 0.717) is 6.61 Å². The van der Waals surface area contributed by atoms with Gasteiger partial charge in [0.1, 0.15) is 5.75 Å². The normalized spacial score (nSPS) is 9.92. The van der Waals surface area contributed by atoms with Crippen molar-refractivity contribution in [2.75, 3.05) is 12.9 Å². The molecule has 0 spiro atoms. The molecule has 0 radical (unpaired) electrons. The number of benzene rings is 1. The molecule has 0 amide bonds. The largest absolute Gasteiger partial charge is 0.494 e. The molecule has 1 rings (SSSR count). The summed E-state index contributed by atoms with van der Waals surface area (Å²) in [5.41, 5.74) is 0. The smallest absolute Gasteiger partial charge is 0.120 e. The van der Waals surface area contributed by atoms with Gasteiger partial charge >= 0.3 is 0 Å². The van der Waals surface area contributed by atoms with E-state index < -0.39 is 0 Å². The highest BCUT2D eigenvalue weighted by atomic mass is 35.5. The summed E-state index contributed by atoms with van der Waals surface area (Å²) in [6.45, 7) is 2.63. The summed E-state index contributed by atoms with van der Waals surface area (Å²) in [5.74, 6) is 0.834. The summed E-state index contributed by atoms with van der Waals surface area (Å²) in [7, 11) is 0. The number of rotatable bonds is 3. The number of thioether (sulfide) groups is 1. The molecule has 0 fully saturated rings. The second-order valence-corrected chi connectivity index (χ2v) is 3.48. The maximum absolute atomic E-state index is 5.96. The molecule has 0 saturated carbocycles. The minimum atomic E-state index is 0.676. The molecule has 0 heterocycles. The van der Waals surface area contributed by atoms with Gasteiger partial charge in [-0.3, -0.25) is 0 Å². The van der Waals surface area contributed by atoms with Crippen LogP contribution in [0.15, 0.2) is 23.1 Å². The van der Waals surface area contributed by atoms with Crippen LogP contribution in [0.1, 0.15) is 6.92 Å². The zero-order valence-corrected chi connectivity index (χ0v) is 8.71. The summed E-state index contributed by atoms with van der Waals surface area (Å²) in [6, 6.07) is 5.75. The van der Waals surface area contributed by atoms with Crippen LogP contribution in [-0.2, 0) is 0 Å². The van der Waals surface area contributed by atoms with Crippen LogP contribution in [0, 0.1) is 0 Å². The molecule has 0 aliphatic rings. The standard InChI is InChI=1S/C9H11ClOS/c1-3-11-7-4-5-9(12-2)8(10)6-7/h4-6H,3H2,1-2H3. The summed E-state index contributed by atoms with van der Waals surface area (Å²) in [6.07, 6.45) is 2.00. The minimum Gasteiger partial charge on any atom is -0.494 e. The van der Waals surface area contributed by atoms with Gasteiger partial charge in [-0.15, -0.1) is 11.8 Å². The van der Waals surface area contributed by atoms with Crippen molar-refractivity contribution < 1.29 is 4.74 Å². The molecule has 1 nitrogen and oxygen atoms in total. The number of ether oxygens (including phenoxy) is 1. The summed E-state index contributed by atoms with van der Waals surface area (Å²) in [5, 5.41) is 0.758. The van der Waals surface area contributed by atoms with E-state index in [1.165, 1.54) is 0 Å². The van der Waals surface area contributed by atoms with E-state index in [9.17, 15) is 0 Å². The molecule has 66 valence electrons. The van der Waals surface area contributed by atoms with Gasteiger partial charge in [0, 0.05) is 4.90 Å². The van der Waals surface area contributed by atoms with Crippen molar-refractivity contribution in [3.05, 3.63) is 23.2 Å². The molecule has 0 N–H and O–H groups in total. The average Bonchev–Trinajstić information content (AvgIpc) is 2.05. The quantitative estimate of drug-likeness (QED) is 0.695. The Morgan fingerprint density at radius 1 is 1.50 bits per heavy atom. The van der Waals surface area contributed by atoms with Gasteiger partial charge in [-0.25, -0.2) is 0 Å². The molecular weight excluding hydrogens is 192 g/mol. The summed E-state index contributed by atoms with van der Waals surface area (Å²) < 4.78 is 5.29. The van der Waals surface area contributed by atoms with E-state index in [1.807, 2.05) is 31.4 Å². The molecular formula is C9H11ClOS. The van der Waals surface area contributed by atoms with Gasteiger partial charge in [-0.05, 0) is 31.4 Å². The fraction of sp³-hybridized carbons (Fsp3) is 0.333. The lowest BCUT2D eigenvalue weighted by Gasteiger charge is -2.05. The second-order valence-electron chi connectivity index (χ2n) is 2.23. The monoisotopic (exact) mass is 202 g/mol. The van der Waals surface area contributed by atoms with Crippen LogP contribution >= 0.6 is 23.4 Å². The Morgan fingerprint density at radius 2 is 2.25 bits per heavy atom. The molecule has 0 bridgehead atoms. The molecule has 1 aromatic carbocycles. The van der Waals surface area contributed by atoms with E-state index in [-0.39, 0.29) is 0 Å². The van der Waals surface area contributed by atoms with Gasteiger partial charge in [-0.1, -0.05) is 11.6 Å². The van der Waals surface area contributed by atoms with Gasteiger partial charge in [0.25, 0.3) is 0 Å². The van der Waals surface area contributed by atoms with Gasteiger partial charge in [0.05, 0.1) is 11.6 Å². The number of halogens is 1. The number of hydrogen-bond acceptors (Lipinski definition) is 2. The van der Waals surface area contributed by atoms with Gasteiger partial charge in [0.2, 0.25) is 0 Å². The lowest BCUT2D eigenvalue weighted by Crippen LogP contribution is -1.90. The van der Waals surface area contributed by atoms with Crippen molar-refractivity contribution in [1.29, 1.82) is 0 Å². The molecule has 0 aliphatic carbocycles. The SMILES string of the molecule is CCOc1ccc(SC)c(Cl)c1. The maximum Gasteiger partial charge on any atom is 0.120 e. The molecule has 0 aliphatic heterocycles. The average molecular weight is 203 g/mol. The topological polar surface area (TPSA) is 9.23 Å². The first kappa shape index (κ1) is 9.75. The van der Waals surface area contributed by atoms with Crippen LogP contribution in [0.2, 0.25) is 5.02 Å². The lowest BCUT2D eigenvalue weighted by molar-refractivity contribution is 0.340. The zero-order chi connectivity index (χ0) is 8.97. The van der Waals surface area contributed by atoms with Crippen molar-refractivity contribution >= 4 is 23.4 Å². The van der Waals surface area contributed by atoms with Crippen molar-refractivity contribution in [3.63, 3.8) is 0 Å². The Balaban J connectivity index is 2.86. The maximum atomic E-state index is 5.96. The van der Waals surface area contributed by atoms with E-state index in [0.717, 1.165) is 15.7 Å². The first-order valence-electron chi connectivity index (χ1n) is 3.74. The molecule has 3 heteroatoms. The van der Waals surface area contributed by atoms with Gasteiger partial charge in [-0.2, -0.15) is 0 Å². The van der Waals surface area contributed by atoms with Crippen LogP contribution < -0.4 is 4.74 Å². The van der Waals surface area contributed by atoms with E-state index in [2.05, 4.69) is 0 Å². The van der Waals surface area contributed by atoms with Crippen molar-refractivity contribution in [2.24, 2.45) is 0 Å². The van der Waals surface area contributed by atoms with Gasteiger partial charge in [0.15, 0.2) is 0 Å². The lowest BCUT2D eigenvalue weighted by atomic mass is 10.3. The predicted molar refractivity (Wildman–Crippen MR) is 54.4 cm³/mol. The summed E-state index contributed by atoms with van der Waals surface area (Å²) >= 11 is 7.60. The predicted octanol–water partition coefficient (Wildman–Crippen LogP) is 3.46. The number of hydrogen-bond donors (Lipinski definition) is 0. The van der Waals surface area contributed by atoms with Crippen molar-refractivity contribution in [1.82, 2.24) is 0 Å². The summed E-state index contributed by atoms with van der Waals surface area (Å²) in [4.78, 5) is 1.08. The zero-order valence-electron chi connectivity index (χ0n) is 7.13. The highest BCUT2D eigenvalue weighted by molar-refractivity contribution is 7.98. The van der Waals surface area contributed by atoms with Crippen LogP contribution in [-0.4, -0.2) is 12.9 Å². The molecule has 12 heavy (non-hydrogen) atoms. The fourth-order valence-corrected chi connectivity index (χ4v) is 1.76. The van der Waals surface area contributed by atoms with Crippen molar-refractivity contribution in [3.8, 4) is 5.75 Å². The molecule has 0 atom stereocenters. The van der Waals surface area contributed by atoms with Crippen molar-refractivity contribution in [2.45, 2.75) is 11.8 Å². The minimum absolute atomic E-state index is 0.676. The Hall–Kier alpha value is -0.340. The third kappa shape index (κ3) is 2.32. The fourth-order valence-electron chi connectivity index (χ4n) is 0.904. The Labute approximate surface area is 82.1 Å². The van der Waals surface area contributed by atoms with Crippen LogP contribution in [0.5, 0.6) is 5.75 Å². The third-order valence-electron chi connectivity index (χ3n) is 1.43. The Morgan fingerprint density at radius 3 is 2.75 bits per heavy atom. The van der Waals surface area contributed by atoms with Crippen LogP contribution in [0.4, 0.5) is 0 Å². The molecule has 1 aromatic rings. The molecule has 0 saturated heterocycles. The van der Waals surface area contributed by atoms with E-state index in [4.69, 9.17) is 16.3 Å². The van der Waals surface area contributed by atoms with E-state index in [1.54, 1.807) is 11.8 Å². The molecule has 0 aromatic heterocycles. The van der Waals surface area contributed by atoms with Crippen LogP contribution in [0.3, 0.4) is 0 Å². The first-order chi connectivity index (χ1) is 5.77. The second kappa shape index (κ2) is 4.63. The van der Waals surface area contributed by atoms with Crippen LogP contribution in [0.25, 0.3) is 0 Å². The first-order valence-corrected chi connectivity index (χ1v) is 5.34. The highest BCUT2D eigenvalue weighted by Crippen LogP contribution is 2.28. The van der Waals surface area contributed by atoms with E-state index >= 15 is 0 Å².